The van der Waals surface area contributed by atoms with Crippen LogP contribution >= 0.6 is 13.5 Å². The summed E-state index contributed by atoms with van der Waals surface area (Å²) in [5.41, 5.74) is 5.79. The van der Waals surface area contributed by atoms with Gasteiger partial charge >= 0.3 is 0 Å². The topological polar surface area (TPSA) is 89.6 Å². The average Bonchev–Trinajstić information content (AvgIpc) is 2.40. The van der Waals surface area contributed by atoms with E-state index in [9.17, 15) is 8.42 Å². The molecule has 0 saturated heterocycles. The van der Waals surface area contributed by atoms with Gasteiger partial charge in [-0.25, -0.2) is 0 Å². The van der Waals surface area contributed by atoms with E-state index in [4.69, 9.17) is 10.8 Å². The molecule has 0 heterocycles. The fraction of sp³-hybridized carbons (Fsp3) is 0.0769. The molecule has 0 aliphatic heterocycles. The molecular formula is C13H17NO4S2Zn. The van der Waals surface area contributed by atoms with Crippen LogP contribution in [0.1, 0.15) is 0 Å². The third-order valence-electron chi connectivity index (χ3n) is 2.12. The Balaban J connectivity index is 0. The van der Waals surface area contributed by atoms with Crippen LogP contribution in [0.15, 0.2) is 59.5 Å². The van der Waals surface area contributed by atoms with Crippen molar-refractivity contribution in [3.63, 3.8) is 0 Å². The standard InChI is InChI=1S/C7H9NO3S.C6H6O.H2S.Zn/c1-11-12(9,10)7-4-2-3-6(8)5-7;7-6-4-2-1-3-5-6;;/h2-5H,8H2,1H3;1-5,7H;1H2;. The zero-order valence-electron chi connectivity index (χ0n) is 11.6. The fourth-order valence-electron chi connectivity index (χ4n) is 1.19. The van der Waals surface area contributed by atoms with Gasteiger partial charge in [0.15, 0.2) is 0 Å². The maximum atomic E-state index is 11.1. The summed E-state index contributed by atoms with van der Waals surface area (Å²) >= 11 is 0. The van der Waals surface area contributed by atoms with E-state index in [-0.39, 0.29) is 37.9 Å². The first kappa shape index (κ1) is 22.2. The Bertz CT molecular complexity index is 621. The third-order valence-corrected chi connectivity index (χ3v) is 3.39. The number of nitrogen functional groups attached to an aromatic ring is 1. The Hall–Kier alpha value is -1.08. The molecule has 0 amide bonds. The molecule has 2 rings (SSSR count). The molecule has 0 atom stereocenters. The maximum Gasteiger partial charge on any atom is 0.296 e. The summed E-state index contributed by atoms with van der Waals surface area (Å²) in [6.07, 6.45) is 0. The molecule has 2 aromatic rings. The van der Waals surface area contributed by atoms with Gasteiger partial charge in [0.1, 0.15) is 5.75 Å². The van der Waals surface area contributed by atoms with Gasteiger partial charge in [-0.05, 0) is 30.3 Å². The van der Waals surface area contributed by atoms with Crippen LogP contribution in [0, 0.1) is 0 Å². The van der Waals surface area contributed by atoms with E-state index in [2.05, 4.69) is 4.18 Å². The largest absolute Gasteiger partial charge is 0.508 e. The van der Waals surface area contributed by atoms with Crippen LogP contribution in [0.5, 0.6) is 5.75 Å². The fourth-order valence-corrected chi connectivity index (χ4v) is 1.91. The van der Waals surface area contributed by atoms with Gasteiger partial charge < -0.3 is 10.8 Å². The number of aromatic hydroxyl groups is 1. The SMILES string of the molecule is COS(=O)(=O)c1cccc(N)c1.Oc1ccccc1.S.[Zn]. The van der Waals surface area contributed by atoms with Crippen LogP contribution in [0.2, 0.25) is 0 Å². The van der Waals surface area contributed by atoms with E-state index < -0.39 is 10.1 Å². The van der Waals surface area contributed by atoms with Crippen molar-refractivity contribution in [1.29, 1.82) is 0 Å². The van der Waals surface area contributed by atoms with Crippen molar-refractivity contribution in [1.82, 2.24) is 0 Å². The van der Waals surface area contributed by atoms with Gasteiger partial charge in [-0.3, -0.25) is 4.18 Å². The second-order valence-corrected chi connectivity index (χ2v) is 5.24. The van der Waals surface area contributed by atoms with Crippen molar-refractivity contribution in [3.05, 3.63) is 54.6 Å². The van der Waals surface area contributed by atoms with Crippen molar-refractivity contribution in [2.75, 3.05) is 12.8 Å². The minimum absolute atomic E-state index is 0. The first-order valence-corrected chi connectivity index (χ1v) is 6.76. The van der Waals surface area contributed by atoms with Crippen LogP contribution in [0.25, 0.3) is 0 Å². The van der Waals surface area contributed by atoms with E-state index >= 15 is 0 Å². The van der Waals surface area contributed by atoms with E-state index in [0.29, 0.717) is 11.4 Å². The first-order chi connectivity index (χ1) is 8.95. The van der Waals surface area contributed by atoms with Crippen molar-refractivity contribution in [2.45, 2.75) is 4.90 Å². The molecule has 0 aromatic heterocycles. The second-order valence-electron chi connectivity index (χ2n) is 3.53. The molecule has 0 bridgehead atoms. The van der Waals surface area contributed by atoms with Crippen LogP contribution < -0.4 is 5.73 Å². The number of rotatable bonds is 2. The van der Waals surface area contributed by atoms with Crippen molar-refractivity contribution < 1.29 is 37.2 Å². The van der Waals surface area contributed by atoms with Gasteiger partial charge in [-0.1, -0.05) is 24.3 Å². The van der Waals surface area contributed by atoms with Gasteiger partial charge in [0.05, 0.1) is 12.0 Å². The summed E-state index contributed by atoms with van der Waals surface area (Å²) in [5, 5.41) is 8.63. The Morgan fingerprint density at radius 1 is 1.05 bits per heavy atom. The molecule has 0 fully saturated rings. The molecule has 8 heteroatoms. The smallest absolute Gasteiger partial charge is 0.296 e. The number of anilines is 1. The summed E-state index contributed by atoms with van der Waals surface area (Å²) in [5.74, 6) is 0.322. The van der Waals surface area contributed by atoms with E-state index in [0.717, 1.165) is 7.11 Å². The molecule has 112 valence electrons. The van der Waals surface area contributed by atoms with E-state index in [1.54, 1.807) is 36.4 Å². The summed E-state index contributed by atoms with van der Waals surface area (Å²) in [7, 11) is -2.49. The zero-order valence-corrected chi connectivity index (χ0v) is 16.3. The number of benzene rings is 2. The molecule has 0 radical (unpaired) electrons. The Labute approximate surface area is 144 Å². The third kappa shape index (κ3) is 8.06. The molecule has 0 unspecified atom stereocenters. The van der Waals surface area contributed by atoms with E-state index in [1.807, 2.05) is 6.07 Å². The van der Waals surface area contributed by atoms with Gasteiger partial charge in [-0.2, -0.15) is 21.9 Å². The Morgan fingerprint density at radius 3 is 2.00 bits per heavy atom. The zero-order chi connectivity index (χ0) is 14.3. The van der Waals surface area contributed by atoms with Crippen LogP contribution in [0.4, 0.5) is 5.69 Å². The van der Waals surface area contributed by atoms with Gasteiger partial charge in [0.2, 0.25) is 0 Å². The molecule has 3 N–H and O–H groups in total. The van der Waals surface area contributed by atoms with Crippen LogP contribution in [-0.4, -0.2) is 20.6 Å². The molecule has 0 aliphatic carbocycles. The van der Waals surface area contributed by atoms with Crippen LogP contribution in [-0.2, 0) is 33.8 Å². The normalized spacial score (nSPS) is 9.38. The Kier molecular flexibility index (Phi) is 11.2. The minimum Gasteiger partial charge on any atom is -0.508 e. The number of hydrogen-bond acceptors (Lipinski definition) is 5. The predicted octanol–water partition coefficient (Wildman–Crippen LogP) is 2.11. The minimum atomic E-state index is -3.60. The molecule has 2 aromatic carbocycles. The molecule has 0 saturated carbocycles. The molecule has 21 heavy (non-hydrogen) atoms. The van der Waals surface area contributed by atoms with E-state index in [1.165, 1.54) is 12.1 Å². The number of hydrogen-bond donors (Lipinski definition) is 2. The molecule has 0 spiro atoms. The van der Waals surface area contributed by atoms with Crippen molar-refractivity contribution in [3.8, 4) is 5.75 Å². The summed E-state index contributed by atoms with van der Waals surface area (Å²) in [6.45, 7) is 0. The summed E-state index contributed by atoms with van der Waals surface area (Å²) in [6, 6.07) is 14.6. The average molecular weight is 381 g/mol. The predicted molar refractivity (Wildman–Crippen MR) is 83.5 cm³/mol. The monoisotopic (exact) mass is 379 g/mol. The summed E-state index contributed by atoms with van der Waals surface area (Å²) in [4.78, 5) is 0.0741. The summed E-state index contributed by atoms with van der Waals surface area (Å²) < 4.78 is 26.4. The van der Waals surface area contributed by atoms with Gasteiger partial charge in [0.25, 0.3) is 10.1 Å². The number of phenolic OH excluding ortho intramolecular Hbond substituents is 1. The Morgan fingerprint density at radius 2 is 1.62 bits per heavy atom. The maximum absolute atomic E-state index is 11.1. The van der Waals surface area contributed by atoms with Crippen molar-refractivity contribution in [2.24, 2.45) is 0 Å². The van der Waals surface area contributed by atoms with Crippen molar-refractivity contribution >= 4 is 29.3 Å². The van der Waals surface area contributed by atoms with Gasteiger partial charge in [-0.15, -0.1) is 0 Å². The number of para-hydroxylation sites is 1. The van der Waals surface area contributed by atoms with Crippen LogP contribution in [0.3, 0.4) is 0 Å². The molecular weight excluding hydrogens is 364 g/mol. The quantitative estimate of drug-likeness (QED) is 0.473. The molecule has 0 aliphatic rings. The number of phenols is 1. The second kappa shape index (κ2) is 10.6. The molecule has 5 nitrogen and oxygen atoms in total. The first-order valence-electron chi connectivity index (χ1n) is 5.36. The van der Waals surface area contributed by atoms with Gasteiger partial charge in [0, 0.05) is 25.2 Å². The number of nitrogens with two attached hydrogens (primary N) is 1.